The number of aryl methyl sites for hydroxylation is 1. The van der Waals surface area contributed by atoms with E-state index in [0.717, 1.165) is 19.3 Å². The van der Waals surface area contributed by atoms with Gasteiger partial charge in [0.05, 0.1) is 13.2 Å². The summed E-state index contributed by atoms with van der Waals surface area (Å²) >= 11 is 0. The first-order valence-electron chi connectivity index (χ1n) is 4.86. The van der Waals surface area contributed by atoms with E-state index in [2.05, 4.69) is 15.4 Å². The van der Waals surface area contributed by atoms with Crippen molar-refractivity contribution in [3.63, 3.8) is 0 Å². The van der Waals surface area contributed by atoms with Gasteiger partial charge in [-0.2, -0.15) is 4.80 Å². The predicted molar refractivity (Wildman–Crippen MR) is 49.2 cm³/mol. The first-order valence-corrected chi connectivity index (χ1v) is 4.86. The van der Waals surface area contributed by atoms with Crippen molar-refractivity contribution < 1.29 is 4.74 Å². The van der Waals surface area contributed by atoms with E-state index in [9.17, 15) is 0 Å². The van der Waals surface area contributed by atoms with Crippen LogP contribution in [0, 0.1) is 0 Å². The normalized spacial score (nSPS) is 27.0. The Balaban J connectivity index is 1.82. The molecule has 0 aromatic carbocycles. The van der Waals surface area contributed by atoms with E-state index in [1.807, 2.05) is 0 Å². The van der Waals surface area contributed by atoms with Crippen LogP contribution in [0.2, 0.25) is 0 Å². The molecule has 0 bridgehead atoms. The lowest BCUT2D eigenvalue weighted by atomic mass is 10.2. The van der Waals surface area contributed by atoms with E-state index in [1.165, 1.54) is 4.80 Å². The Bertz CT molecular complexity index is 300. The molecule has 2 atom stereocenters. The second kappa shape index (κ2) is 4.02. The molecule has 78 valence electrons. The van der Waals surface area contributed by atoms with Crippen LogP contribution < -0.4 is 5.73 Å². The summed E-state index contributed by atoms with van der Waals surface area (Å²) in [5.74, 6) is 0.617. The minimum Gasteiger partial charge on any atom is -0.368 e. The summed E-state index contributed by atoms with van der Waals surface area (Å²) in [6, 6.07) is 0.173. The van der Waals surface area contributed by atoms with Gasteiger partial charge in [-0.05, 0) is 24.5 Å². The molecule has 2 unspecified atom stereocenters. The topological polar surface area (TPSA) is 78.8 Å². The number of hydrogen-bond donors (Lipinski definition) is 1. The van der Waals surface area contributed by atoms with Crippen molar-refractivity contribution in [2.45, 2.75) is 38.0 Å². The summed E-state index contributed by atoms with van der Waals surface area (Å²) in [6.45, 7) is 0.409. The van der Waals surface area contributed by atoms with E-state index < -0.39 is 0 Å². The largest absolute Gasteiger partial charge is 0.368 e. The molecule has 14 heavy (non-hydrogen) atoms. The Morgan fingerprint density at radius 1 is 1.57 bits per heavy atom. The van der Waals surface area contributed by atoms with Crippen molar-refractivity contribution in [1.82, 2.24) is 20.2 Å². The smallest absolute Gasteiger partial charge is 0.200 e. The Morgan fingerprint density at radius 2 is 2.43 bits per heavy atom. The summed E-state index contributed by atoms with van der Waals surface area (Å²) in [7, 11) is 1.73. The maximum absolute atomic E-state index is 5.86. The van der Waals surface area contributed by atoms with E-state index >= 15 is 0 Å². The number of ether oxygens (including phenoxy) is 1. The highest BCUT2D eigenvalue weighted by molar-refractivity contribution is 4.82. The molecule has 0 aliphatic heterocycles. The quantitative estimate of drug-likeness (QED) is 0.713. The van der Waals surface area contributed by atoms with Crippen LogP contribution in [0.3, 0.4) is 0 Å². The first-order chi connectivity index (χ1) is 6.75. The zero-order chi connectivity index (χ0) is 9.97. The SMILES string of the molecule is Cn1nnc(COC2CCCC2N)n1. The summed E-state index contributed by atoms with van der Waals surface area (Å²) in [6.07, 6.45) is 3.42. The van der Waals surface area contributed by atoms with E-state index in [-0.39, 0.29) is 12.1 Å². The van der Waals surface area contributed by atoms with Crippen LogP contribution in [-0.4, -0.2) is 32.4 Å². The maximum Gasteiger partial charge on any atom is 0.200 e. The van der Waals surface area contributed by atoms with Crippen molar-refractivity contribution in [3.8, 4) is 0 Å². The van der Waals surface area contributed by atoms with E-state index in [1.54, 1.807) is 7.05 Å². The van der Waals surface area contributed by atoms with Gasteiger partial charge in [0.2, 0.25) is 0 Å². The van der Waals surface area contributed by atoms with Crippen molar-refractivity contribution in [3.05, 3.63) is 5.82 Å². The third-order valence-corrected chi connectivity index (χ3v) is 2.48. The lowest BCUT2D eigenvalue weighted by Crippen LogP contribution is -2.31. The molecule has 0 spiro atoms. The second-order valence-corrected chi connectivity index (χ2v) is 3.64. The summed E-state index contributed by atoms with van der Waals surface area (Å²) in [4.78, 5) is 1.42. The van der Waals surface area contributed by atoms with E-state index in [0.29, 0.717) is 12.4 Å². The lowest BCUT2D eigenvalue weighted by Gasteiger charge is -2.14. The Labute approximate surface area is 82.4 Å². The van der Waals surface area contributed by atoms with Gasteiger partial charge >= 0.3 is 0 Å². The molecule has 2 N–H and O–H groups in total. The van der Waals surface area contributed by atoms with Gasteiger partial charge in [-0.25, -0.2) is 0 Å². The zero-order valence-electron chi connectivity index (χ0n) is 8.26. The summed E-state index contributed by atoms with van der Waals surface area (Å²) < 4.78 is 5.61. The molecule has 6 nitrogen and oxygen atoms in total. The van der Waals surface area contributed by atoms with Crippen molar-refractivity contribution >= 4 is 0 Å². The second-order valence-electron chi connectivity index (χ2n) is 3.64. The van der Waals surface area contributed by atoms with Crippen LogP contribution in [0.4, 0.5) is 0 Å². The minimum absolute atomic E-state index is 0.166. The molecule has 1 aliphatic carbocycles. The van der Waals surface area contributed by atoms with Gasteiger partial charge in [-0.3, -0.25) is 0 Å². The van der Waals surface area contributed by atoms with Crippen LogP contribution in [0.15, 0.2) is 0 Å². The third kappa shape index (κ3) is 2.08. The highest BCUT2D eigenvalue weighted by Gasteiger charge is 2.24. The first kappa shape index (κ1) is 9.54. The molecule has 1 saturated carbocycles. The summed E-state index contributed by atoms with van der Waals surface area (Å²) in [5.41, 5.74) is 5.86. The van der Waals surface area contributed by atoms with Gasteiger partial charge in [0.1, 0.15) is 6.61 Å². The van der Waals surface area contributed by atoms with Crippen molar-refractivity contribution in [2.75, 3.05) is 0 Å². The monoisotopic (exact) mass is 197 g/mol. The predicted octanol–water partition coefficient (Wildman–Crippen LogP) is -0.393. The molecule has 0 amide bonds. The molecule has 0 saturated heterocycles. The molecular formula is C8H15N5O. The lowest BCUT2D eigenvalue weighted by molar-refractivity contribution is 0.0318. The minimum atomic E-state index is 0.166. The van der Waals surface area contributed by atoms with Gasteiger partial charge in [0.25, 0.3) is 0 Å². The van der Waals surface area contributed by atoms with Crippen molar-refractivity contribution in [1.29, 1.82) is 0 Å². The van der Waals surface area contributed by atoms with Crippen LogP contribution in [-0.2, 0) is 18.4 Å². The highest BCUT2D eigenvalue weighted by Crippen LogP contribution is 2.20. The molecule has 1 aromatic rings. The fraction of sp³-hybridized carbons (Fsp3) is 0.875. The number of nitrogens with zero attached hydrogens (tertiary/aromatic N) is 4. The van der Waals surface area contributed by atoms with Gasteiger partial charge in [0.15, 0.2) is 5.82 Å². The molecule has 6 heteroatoms. The zero-order valence-corrected chi connectivity index (χ0v) is 8.26. The molecule has 0 radical (unpaired) electrons. The fourth-order valence-corrected chi connectivity index (χ4v) is 1.72. The highest BCUT2D eigenvalue weighted by atomic mass is 16.5. The molecular weight excluding hydrogens is 182 g/mol. The van der Waals surface area contributed by atoms with Crippen LogP contribution in [0.5, 0.6) is 0 Å². The summed E-state index contributed by atoms with van der Waals surface area (Å²) in [5, 5.41) is 11.6. The van der Waals surface area contributed by atoms with Crippen LogP contribution in [0.25, 0.3) is 0 Å². The Morgan fingerprint density at radius 3 is 3.00 bits per heavy atom. The van der Waals surface area contributed by atoms with Crippen molar-refractivity contribution in [2.24, 2.45) is 12.8 Å². The van der Waals surface area contributed by atoms with Gasteiger partial charge < -0.3 is 10.5 Å². The average molecular weight is 197 g/mol. The number of tetrazole rings is 1. The molecule has 1 aliphatic rings. The van der Waals surface area contributed by atoms with Gasteiger partial charge in [-0.15, -0.1) is 10.2 Å². The fourth-order valence-electron chi connectivity index (χ4n) is 1.72. The number of nitrogens with two attached hydrogens (primary N) is 1. The Hall–Kier alpha value is -1.01. The maximum atomic E-state index is 5.86. The van der Waals surface area contributed by atoms with Gasteiger partial charge in [-0.1, -0.05) is 0 Å². The number of aromatic nitrogens is 4. The number of hydrogen-bond acceptors (Lipinski definition) is 5. The number of rotatable bonds is 3. The average Bonchev–Trinajstić information content (AvgIpc) is 2.72. The molecule has 1 aromatic heterocycles. The van der Waals surface area contributed by atoms with Crippen LogP contribution >= 0.6 is 0 Å². The van der Waals surface area contributed by atoms with Gasteiger partial charge in [0, 0.05) is 6.04 Å². The van der Waals surface area contributed by atoms with E-state index in [4.69, 9.17) is 10.5 Å². The standard InChI is InChI=1S/C8H15N5O/c1-13-11-8(10-12-13)5-14-7-4-2-3-6(7)9/h6-7H,2-5,9H2,1H3. The Kier molecular flexibility index (Phi) is 2.74. The van der Waals surface area contributed by atoms with Crippen LogP contribution in [0.1, 0.15) is 25.1 Å². The third-order valence-electron chi connectivity index (χ3n) is 2.48. The molecule has 1 fully saturated rings. The molecule has 1 heterocycles. The molecule has 2 rings (SSSR count).